The number of anilines is 1. The largest absolute Gasteiger partial charge is 0.493 e. The lowest BCUT2D eigenvalue weighted by Crippen LogP contribution is -2.42. The van der Waals surface area contributed by atoms with Gasteiger partial charge in [0, 0.05) is 6.42 Å². The van der Waals surface area contributed by atoms with Crippen LogP contribution in [-0.2, 0) is 16.0 Å². The Labute approximate surface area is 180 Å². The first-order valence-electron chi connectivity index (χ1n) is 10.2. The third-order valence-corrected chi connectivity index (χ3v) is 5.77. The molecule has 0 aromatic heterocycles. The fourth-order valence-corrected chi connectivity index (χ4v) is 4.14. The number of nitrogens with one attached hydrogen (secondary N) is 3. The maximum absolute atomic E-state index is 12.6. The van der Waals surface area contributed by atoms with E-state index in [-0.39, 0.29) is 36.6 Å². The Bertz CT molecular complexity index is 1040. The molecule has 1 heterocycles. The number of benzene rings is 2. The summed E-state index contributed by atoms with van der Waals surface area (Å²) in [5, 5.41) is 8.51. The summed E-state index contributed by atoms with van der Waals surface area (Å²) in [6.07, 6.45) is 1.95. The van der Waals surface area contributed by atoms with E-state index in [0.717, 1.165) is 24.0 Å². The number of carbonyl (C=O) groups excluding carboxylic acids is 3. The van der Waals surface area contributed by atoms with Crippen LogP contribution in [-0.4, -0.2) is 38.0 Å². The van der Waals surface area contributed by atoms with Crippen LogP contribution < -0.4 is 25.4 Å². The van der Waals surface area contributed by atoms with E-state index in [1.165, 1.54) is 0 Å². The summed E-state index contributed by atoms with van der Waals surface area (Å²) in [5.41, 5.74) is 3.02. The highest BCUT2D eigenvalue weighted by Crippen LogP contribution is 2.39. The van der Waals surface area contributed by atoms with Crippen LogP contribution in [0.2, 0.25) is 0 Å². The third kappa shape index (κ3) is 4.19. The summed E-state index contributed by atoms with van der Waals surface area (Å²) >= 11 is 0. The topological polar surface area (TPSA) is 106 Å². The second-order valence-electron chi connectivity index (χ2n) is 7.66. The number of methoxy groups -OCH3 is 2. The monoisotopic (exact) mass is 423 g/mol. The second kappa shape index (κ2) is 8.67. The molecule has 2 atom stereocenters. The number of ether oxygens (including phenoxy) is 2. The average molecular weight is 423 g/mol. The maximum Gasteiger partial charge on any atom is 0.254 e. The van der Waals surface area contributed by atoms with Gasteiger partial charge in [0.2, 0.25) is 11.8 Å². The van der Waals surface area contributed by atoms with Crippen LogP contribution in [0.15, 0.2) is 36.4 Å². The van der Waals surface area contributed by atoms with Crippen LogP contribution in [0, 0.1) is 0 Å². The first-order valence-corrected chi connectivity index (χ1v) is 10.2. The number of rotatable bonds is 6. The quantitative estimate of drug-likeness (QED) is 0.661. The molecule has 31 heavy (non-hydrogen) atoms. The number of para-hydroxylation sites is 1. The molecule has 0 saturated heterocycles. The predicted molar refractivity (Wildman–Crippen MR) is 114 cm³/mol. The molecule has 1 aliphatic heterocycles. The van der Waals surface area contributed by atoms with Gasteiger partial charge in [-0.2, -0.15) is 0 Å². The Balaban J connectivity index is 1.38. The molecule has 2 aliphatic rings. The number of carbonyl (C=O) groups is 3. The molecular formula is C23H25N3O5. The average Bonchev–Trinajstić information content (AvgIpc) is 3.11. The Morgan fingerprint density at radius 3 is 2.65 bits per heavy atom. The molecule has 0 saturated carbocycles. The fourth-order valence-electron chi connectivity index (χ4n) is 4.14. The Morgan fingerprint density at radius 1 is 1.13 bits per heavy atom. The number of hydrogen-bond donors (Lipinski definition) is 3. The van der Waals surface area contributed by atoms with Gasteiger partial charge in [-0.15, -0.1) is 0 Å². The Kier molecular flexibility index (Phi) is 5.79. The first-order chi connectivity index (χ1) is 15.0. The third-order valence-electron chi connectivity index (χ3n) is 5.77. The normalized spacial score (nSPS) is 19.4. The van der Waals surface area contributed by atoms with Crippen LogP contribution >= 0.6 is 0 Å². The van der Waals surface area contributed by atoms with Gasteiger partial charge in [-0.1, -0.05) is 12.1 Å². The molecule has 4 rings (SSSR count). The van der Waals surface area contributed by atoms with Crippen molar-refractivity contribution < 1.29 is 23.9 Å². The fraction of sp³-hybridized carbons (Fsp3) is 0.348. The molecule has 3 amide bonds. The van der Waals surface area contributed by atoms with Gasteiger partial charge >= 0.3 is 0 Å². The van der Waals surface area contributed by atoms with Gasteiger partial charge in [0.05, 0.1) is 31.5 Å². The molecule has 2 aromatic rings. The van der Waals surface area contributed by atoms with Gasteiger partial charge in [0.25, 0.3) is 5.91 Å². The summed E-state index contributed by atoms with van der Waals surface area (Å²) in [7, 11) is 3.18. The van der Waals surface area contributed by atoms with Crippen LogP contribution in [0.3, 0.4) is 0 Å². The van der Waals surface area contributed by atoms with E-state index in [1.807, 2.05) is 12.1 Å². The summed E-state index contributed by atoms with van der Waals surface area (Å²) in [6.45, 7) is 0. The SMILES string of the molecule is COc1cc2c(cc1OC)[C@@H](NC(=O)CC[C@@H]1NC(=O)c3ccccc3NC1=O)CC2. The van der Waals surface area contributed by atoms with Crippen LogP contribution in [0.5, 0.6) is 11.5 Å². The second-order valence-corrected chi connectivity index (χ2v) is 7.66. The molecule has 0 radical (unpaired) electrons. The van der Waals surface area contributed by atoms with Crippen molar-refractivity contribution in [1.82, 2.24) is 10.6 Å². The molecule has 3 N–H and O–H groups in total. The van der Waals surface area contributed by atoms with E-state index in [0.29, 0.717) is 22.7 Å². The molecule has 0 fully saturated rings. The molecule has 162 valence electrons. The van der Waals surface area contributed by atoms with Gasteiger partial charge in [-0.3, -0.25) is 14.4 Å². The molecule has 0 unspecified atom stereocenters. The van der Waals surface area contributed by atoms with Crippen molar-refractivity contribution in [2.24, 2.45) is 0 Å². The number of hydrogen-bond acceptors (Lipinski definition) is 5. The van der Waals surface area contributed by atoms with Gasteiger partial charge < -0.3 is 25.4 Å². The maximum atomic E-state index is 12.6. The molecule has 1 aliphatic carbocycles. The minimum Gasteiger partial charge on any atom is -0.493 e. The van der Waals surface area contributed by atoms with E-state index < -0.39 is 6.04 Å². The van der Waals surface area contributed by atoms with Gasteiger partial charge in [-0.25, -0.2) is 0 Å². The van der Waals surface area contributed by atoms with E-state index >= 15 is 0 Å². The Hall–Kier alpha value is -3.55. The van der Waals surface area contributed by atoms with E-state index in [4.69, 9.17) is 9.47 Å². The zero-order valence-corrected chi connectivity index (χ0v) is 17.5. The molecule has 8 heteroatoms. The number of aryl methyl sites for hydroxylation is 1. The molecule has 0 spiro atoms. The van der Waals surface area contributed by atoms with E-state index in [9.17, 15) is 14.4 Å². The van der Waals surface area contributed by atoms with Crippen molar-refractivity contribution in [3.63, 3.8) is 0 Å². The van der Waals surface area contributed by atoms with Crippen LogP contribution in [0.1, 0.15) is 46.8 Å². The van der Waals surface area contributed by atoms with Crippen molar-refractivity contribution >= 4 is 23.4 Å². The van der Waals surface area contributed by atoms with Gasteiger partial charge in [0.1, 0.15) is 6.04 Å². The Morgan fingerprint density at radius 2 is 1.87 bits per heavy atom. The van der Waals surface area contributed by atoms with Crippen LogP contribution in [0.4, 0.5) is 5.69 Å². The number of amides is 3. The summed E-state index contributed by atoms with van der Waals surface area (Å²) in [6, 6.07) is 9.79. The zero-order valence-electron chi connectivity index (χ0n) is 17.5. The molecular weight excluding hydrogens is 398 g/mol. The van der Waals surface area contributed by atoms with Gasteiger partial charge in [-0.05, 0) is 54.7 Å². The van der Waals surface area contributed by atoms with Crippen LogP contribution in [0.25, 0.3) is 0 Å². The zero-order chi connectivity index (χ0) is 22.0. The first kappa shape index (κ1) is 20.7. The highest BCUT2D eigenvalue weighted by Gasteiger charge is 2.29. The lowest BCUT2D eigenvalue weighted by Gasteiger charge is -2.18. The minimum absolute atomic E-state index is 0.119. The van der Waals surface area contributed by atoms with Crippen molar-refractivity contribution in [2.75, 3.05) is 19.5 Å². The molecule has 2 aromatic carbocycles. The highest BCUT2D eigenvalue weighted by atomic mass is 16.5. The summed E-state index contributed by atoms with van der Waals surface area (Å²) in [4.78, 5) is 37.5. The lowest BCUT2D eigenvalue weighted by atomic mass is 10.1. The van der Waals surface area contributed by atoms with Crippen molar-refractivity contribution in [3.05, 3.63) is 53.1 Å². The predicted octanol–water partition coefficient (Wildman–Crippen LogP) is 2.34. The van der Waals surface area contributed by atoms with Crippen molar-refractivity contribution in [3.8, 4) is 11.5 Å². The molecule has 8 nitrogen and oxygen atoms in total. The standard InChI is InChI=1S/C23H25N3O5/c1-30-19-11-13-7-8-17(15(13)12-20(19)31-2)24-21(27)10-9-18-23(29)25-16-6-4-3-5-14(16)22(28)26-18/h3-6,11-12,17-18H,7-10H2,1-2H3,(H,24,27)(H,25,29)(H,26,28)/t17-,18-/m0/s1. The minimum atomic E-state index is -0.772. The lowest BCUT2D eigenvalue weighted by molar-refractivity contribution is -0.122. The summed E-state index contributed by atoms with van der Waals surface area (Å²) in [5.74, 6) is 0.472. The van der Waals surface area contributed by atoms with Crippen molar-refractivity contribution in [2.45, 2.75) is 37.8 Å². The smallest absolute Gasteiger partial charge is 0.254 e. The highest BCUT2D eigenvalue weighted by molar-refractivity contribution is 6.09. The van der Waals surface area contributed by atoms with E-state index in [2.05, 4.69) is 16.0 Å². The molecule has 0 bridgehead atoms. The van der Waals surface area contributed by atoms with Gasteiger partial charge in [0.15, 0.2) is 11.5 Å². The summed E-state index contributed by atoms with van der Waals surface area (Å²) < 4.78 is 10.7. The van der Waals surface area contributed by atoms with E-state index in [1.54, 1.807) is 38.5 Å². The van der Waals surface area contributed by atoms with Crippen molar-refractivity contribution in [1.29, 1.82) is 0 Å². The number of fused-ring (bicyclic) bond motifs is 2.